The van der Waals surface area contributed by atoms with E-state index in [1.807, 2.05) is 30.3 Å². The molecule has 1 aromatic rings. The van der Waals surface area contributed by atoms with Gasteiger partial charge in [-0.05, 0) is 37.0 Å². The molecule has 2 N–H and O–H groups in total. The minimum absolute atomic E-state index is 0.0642. The number of amides is 1. The third-order valence-corrected chi connectivity index (χ3v) is 4.23. The molecule has 1 unspecified atom stereocenters. The van der Waals surface area contributed by atoms with Gasteiger partial charge in [0.05, 0.1) is 13.2 Å². The molecule has 1 aromatic carbocycles. The van der Waals surface area contributed by atoms with Crippen molar-refractivity contribution in [1.82, 2.24) is 10.6 Å². The van der Waals surface area contributed by atoms with Gasteiger partial charge in [-0.25, -0.2) is 0 Å². The molecule has 0 bridgehead atoms. The smallest absolute Gasteiger partial charge is 0.257 e. The fourth-order valence-corrected chi connectivity index (χ4v) is 2.90. The van der Waals surface area contributed by atoms with Gasteiger partial charge in [0.15, 0.2) is 5.78 Å². The zero-order valence-corrected chi connectivity index (χ0v) is 13.1. The summed E-state index contributed by atoms with van der Waals surface area (Å²) in [5.41, 5.74) is 1.86. The van der Waals surface area contributed by atoms with E-state index in [-0.39, 0.29) is 23.3 Å². The van der Waals surface area contributed by atoms with Gasteiger partial charge < -0.3 is 15.4 Å². The molecule has 1 heterocycles. The van der Waals surface area contributed by atoms with Crippen LogP contribution in [0.15, 0.2) is 47.7 Å². The Morgan fingerprint density at radius 1 is 1.35 bits per heavy atom. The monoisotopic (exact) mass is 312 g/mol. The first kappa shape index (κ1) is 15.3. The number of hydrogen-bond acceptors (Lipinski definition) is 4. The highest BCUT2D eigenvalue weighted by Crippen LogP contribution is 2.25. The summed E-state index contributed by atoms with van der Waals surface area (Å²) in [6.45, 7) is 0.371. The molecule has 1 aliphatic heterocycles. The lowest BCUT2D eigenvalue weighted by Gasteiger charge is -2.28. The minimum Gasteiger partial charge on any atom is -0.497 e. The first-order valence-electron chi connectivity index (χ1n) is 7.81. The van der Waals surface area contributed by atoms with Crippen LogP contribution in [0.2, 0.25) is 0 Å². The average Bonchev–Trinajstić information content (AvgIpc) is 2.60. The second kappa shape index (κ2) is 6.69. The van der Waals surface area contributed by atoms with Gasteiger partial charge >= 0.3 is 0 Å². The number of allylic oxidation sites excluding steroid dienone is 1. The van der Waals surface area contributed by atoms with Gasteiger partial charge in [-0.15, -0.1) is 0 Å². The molecule has 5 heteroatoms. The molecule has 1 aliphatic carbocycles. The molecule has 0 spiro atoms. The van der Waals surface area contributed by atoms with Crippen LogP contribution in [0.3, 0.4) is 0 Å². The Hall–Kier alpha value is -2.56. The maximum Gasteiger partial charge on any atom is 0.257 e. The molecule has 0 radical (unpaired) electrons. The number of nitrogens with one attached hydrogen (secondary N) is 2. The van der Waals surface area contributed by atoms with Crippen LogP contribution in [0.1, 0.15) is 24.8 Å². The number of ketones is 1. The number of hydrogen-bond donors (Lipinski definition) is 2. The van der Waals surface area contributed by atoms with E-state index in [0.29, 0.717) is 6.54 Å². The van der Waals surface area contributed by atoms with E-state index in [1.165, 1.54) is 0 Å². The molecule has 0 saturated carbocycles. The number of benzene rings is 1. The van der Waals surface area contributed by atoms with Crippen LogP contribution in [0.25, 0.3) is 0 Å². The number of carbonyl (C=O) groups is 2. The highest BCUT2D eigenvalue weighted by Gasteiger charge is 2.31. The zero-order chi connectivity index (χ0) is 16.2. The van der Waals surface area contributed by atoms with Crippen LogP contribution in [-0.2, 0) is 16.1 Å². The molecule has 0 aromatic heterocycles. The standard InChI is InChI=1S/C18H20N2O3/c1-23-13-8-6-12(7-9-13)10-20-18(22)15-11-19-16-5-3-2-4-14(16)17(15)21/h4,6-9,11,16,19H,2-3,5,10H2,1H3,(H,20,22). The van der Waals surface area contributed by atoms with Crippen molar-refractivity contribution >= 4 is 11.7 Å². The van der Waals surface area contributed by atoms with Crippen molar-refractivity contribution in [3.8, 4) is 5.75 Å². The Morgan fingerprint density at radius 3 is 2.87 bits per heavy atom. The highest BCUT2D eigenvalue weighted by molar-refractivity contribution is 6.26. The summed E-state index contributed by atoms with van der Waals surface area (Å²) in [5, 5.41) is 5.96. The van der Waals surface area contributed by atoms with Crippen molar-refractivity contribution in [3.05, 3.63) is 53.3 Å². The van der Waals surface area contributed by atoms with Gasteiger partial charge in [0.1, 0.15) is 11.3 Å². The third-order valence-electron chi connectivity index (χ3n) is 4.23. The molecule has 0 fully saturated rings. The summed E-state index contributed by atoms with van der Waals surface area (Å²) in [5.74, 6) is 0.272. The summed E-state index contributed by atoms with van der Waals surface area (Å²) >= 11 is 0. The van der Waals surface area contributed by atoms with Gasteiger partial charge in [0.2, 0.25) is 0 Å². The molecule has 120 valence electrons. The number of Topliss-reactive ketones (excluding diaryl/α,β-unsaturated/α-hetero) is 1. The van der Waals surface area contributed by atoms with Crippen LogP contribution in [-0.4, -0.2) is 24.8 Å². The lowest BCUT2D eigenvalue weighted by Crippen LogP contribution is -2.41. The SMILES string of the molecule is COc1ccc(CNC(=O)C2=CNC3CCCC=C3C2=O)cc1. The Kier molecular flexibility index (Phi) is 4.46. The summed E-state index contributed by atoms with van der Waals surface area (Å²) in [7, 11) is 1.61. The summed E-state index contributed by atoms with van der Waals surface area (Å²) in [4.78, 5) is 24.7. The van der Waals surface area contributed by atoms with Gasteiger partial charge in [-0.1, -0.05) is 18.2 Å². The second-order valence-electron chi connectivity index (χ2n) is 5.73. The molecule has 0 saturated heterocycles. The number of ether oxygens (including phenoxy) is 1. The van der Waals surface area contributed by atoms with Crippen molar-refractivity contribution in [2.75, 3.05) is 7.11 Å². The topological polar surface area (TPSA) is 67.4 Å². The lowest BCUT2D eigenvalue weighted by molar-refractivity contribution is -0.121. The van der Waals surface area contributed by atoms with Crippen molar-refractivity contribution in [1.29, 1.82) is 0 Å². The predicted molar refractivity (Wildman–Crippen MR) is 86.8 cm³/mol. The second-order valence-corrected chi connectivity index (χ2v) is 5.73. The predicted octanol–water partition coefficient (Wildman–Crippen LogP) is 1.85. The normalized spacial score (nSPS) is 19.9. The maximum absolute atomic E-state index is 12.4. The van der Waals surface area contributed by atoms with Crippen LogP contribution >= 0.6 is 0 Å². The molecule has 1 atom stereocenters. The van der Waals surface area contributed by atoms with Crippen LogP contribution in [0, 0.1) is 0 Å². The zero-order valence-electron chi connectivity index (χ0n) is 13.1. The van der Waals surface area contributed by atoms with E-state index in [9.17, 15) is 9.59 Å². The number of rotatable bonds is 4. The van der Waals surface area contributed by atoms with E-state index in [1.54, 1.807) is 13.3 Å². The van der Waals surface area contributed by atoms with E-state index in [4.69, 9.17) is 4.74 Å². The quantitative estimate of drug-likeness (QED) is 0.833. The van der Waals surface area contributed by atoms with Crippen molar-refractivity contribution in [3.63, 3.8) is 0 Å². The van der Waals surface area contributed by atoms with Crippen LogP contribution < -0.4 is 15.4 Å². The van der Waals surface area contributed by atoms with Crippen LogP contribution in [0.4, 0.5) is 0 Å². The van der Waals surface area contributed by atoms with E-state index < -0.39 is 0 Å². The largest absolute Gasteiger partial charge is 0.497 e. The lowest BCUT2D eigenvalue weighted by atomic mass is 9.86. The van der Waals surface area contributed by atoms with Gasteiger partial charge in [-0.3, -0.25) is 9.59 Å². The first-order valence-corrected chi connectivity index (χ1v) is 7.81. The van der Waals surface area contributed by atoms with Crippen molar-refractivity contribution < 1.29 is 14.3 Å². The summed E-state index contributed by atoms with van der Waals surface area (Å²) in [6, 6.07) is 7.51. The third kappa shape index (κ3) is 3.28. The molecular formula is C18H20N2O3. The fraction of sp³-hybridized carbons (Fsp3) is 0.333. The molecular weight excluding hydrogens is 292 g/mol. The summed E-state index contributed by atoms with van der Waals surface area (Å²) in [6.07, 6.45) is 6.42. The molecule has 1 amide bonds. The highest BCUT2D eigenvalue weighted by atomic mass is 16.5. The van der Waals surface area contributed by atoms with E-state index in [0.717, 1.165) is 36.1 Å². The number of methoxy groups -OCH3 is 1. The number of fused-ring (bicyclic) bond motifs is 1. The van der Waals surface area contributed by atoms with E-state index >= 15 is 0 Å². The first-order chi connectivity index (χ1) is 11.2. The van der Waals surface area contributed by atoms with Gasteiger partial charge in [-0.2, -0.15) is 0 Å². The van der Waals surface area contributed by atoms with Gasteiger partial charge in [0, 0.05) is 18.3 Å². The average molecular weight is 312 g/mol. The minimum atomic E-state index is -0.344. The Morgan fingerprint density at radius 2 is 2.13 bits per heavy atom. The molecule has 2 aliphatic rings. The summed E-state index contributed by atoms with van der Waals surface area (Å²) < 4.78 is 5.10. The Bertz CT molecular complexity index is 674. The fourth-order valence-electron chi connectivity index (χ4n) is 2.90. The molecule has 23 heavy (non-hydrogen) atoms. The molecule has 3 rings (SSSR count). The van der Waals surface area contributed by atoms with Crippen molar-refractivity contribution in [2.24, 2.45) is 0 Å². The van der Waals surface area contributed by atoms with E-state index in [2.05, 4.69) is 10.6 Å². The van der Waals surface area contributed by atoms with Crippen LogP contribution in [0.5, 0.6) is 5.75 Å². The molecule has 5 nitrogen and oxygen atoms in total. The maximum atomic E-state index is 12.4. The van der Waals surface area contributed by atoms with Crippen molar-refractivity contribution in [2.45, 2.75) is 31.8 Å². The number of carbonyl (C=O) groups excluding carboxylic acids is 2. The Balaban J connectivity index is 1.63. The Labute approximate surface area is 135 Å². The van der Waals surface area contributed by atoms with Gasteiger partial charge in [0.25, 0.3) is 5.91 Å².